The van der Waals surface area contributed by atoms with Crippen LogP contribution in [0.2, 0.25) is 5.02 Å². The maximum atomic E-state index is 12.3. The molecular weight excluding hydrogens is 384 g/mol. The maximum absolute atomic E-state index is 12.3. The molecule has 0 radical (unpaired) electrons. The summed E-state index contributed by atoms with van der Waals surface area (Å²) in [6.45, 7) is 0. The largest absolute Gasteiger partial charge is 0.457 e. The minimum Gasteiger partial charge on any atom is -0.457 e. The third-order valence-electron chi connectivity index (χ3n) is 4.28. The standard InChI is InChI=1S/C20H11ClN2O5/c21-17-9-11(23(26)27)5-7-15(17)18-8-6-12(28-18)10-16-13-3-1-2-4-14(13)19(24)22-20(16)25/h1-10H,(H,22,24,25)/b16-10-. The first-order chi connectivity index (χ1) is 13.4. The normalized spacial score (nSPS) is 14.7. The molecule has 2 heterocycles. The molecule has 8 heteroatoms. The molecule has 2 aromatic carbocycles. The van der Waals surface area contributed by atoms with Crippen molar-refractivity contribution >= 4 is 40.8 Å². The van der Waals surface area contributed by atoms with Crippen molar-refractivity contribution in [1.82, 2.24) is 5.32 Å². The van der Waals surface area contributed by atoms with Gasteiger partial charge >= 0.3 is 0 Å². The number of halogens is 1. The summed E-state index contributed by atoms with van der Waals surface area (Å²) in [6, 6.07) is 14.1. The third-order valence-corrected chi connectivity index (χ3v) is 4.59. The van der Waals surface area contributed by atoms with Crippen molar-refractivity contribution in [3.8, 4) is 11.3 Å². The summed E-state index contributed by atoms with van der Waals surface area (Å²) >= 11 is 6.13. The molecule has 1 aromatic heterocycles. The Hall–Kier alpha value is -3.71. The minimum absolute atomic E-state index is 0.122. The van der Waals surface area contributed by atoms with Gasteiger partial charge in [0.05, 0.1) is 15.5 Å². The number of fused-ring (bicyclic) bond motifs is 1. The molecule has 1 aliphatic heterocycles. The van der Waals surface area contributed by atoms with E-state index in [2.05, 4.69) is 5.32 Å². The van der Waals surface area contributed by atoms with E-state index >= 15 is 0 Å². The van der Waals surface area contributed by atoms with Crippen LogP contribution in [-0.2, 0) is 4.79 Å². The minimum atomic E-state index is -0.534. The van der Waals surface area contributed by atoms with Gasteiger partial charge in [-0.15, -0.1) is 0 Å². The van der Waals surface area contributed by atoms with Crippen molar-refractivity contribution in [1.29, 1.82) is 0 Å². The molecule has 0 bridgehead atoms. The van der Waals surface area contributed by atoms with Crippen LogP contribution >= 0.6 is 11.6 Å². The fourth-order valence-electron chi connectivity index (χ4n) is 2.95. The molecule has 0 saturated carbocycles. The molecule has 0 unspecified atom stereocenters. The molecule has 28 heavy (non-hydrogen) atoms. The number of imide groups is 1. The first-order valence-corrected chi connectivity index (χ1v) is 8.53. The quantitative estimate of drug-likeness (QED) is 0.308. The van der Waals surface area contributed by atoms with Gasteiger partial charge < -0.3 is 4.42 Å². The number of rotatable bonds is 3. The number of furan rings is 1. The summed E-state index contributed by atoms with van der Waals surface area (Å²) < 4.78 is 5.75. The lowest BCUT2D eigenvalue weighted by molar-refractivity contribution is -0.384. The second-order valence-corrected chi connectivity index (χ2v) is 6.42. The predicted molar refractivity (Wildman–Crippen MR) is 103 cm³/mol. The fraction of sp³-hybridized carbons (Fsp3) is 0. The summed E-state index contributed by atoms with van der Waals surface area (Å²) in [7, 11) is 0. The lowest BCUT2D eigenvalue weighted by atomic mass is 9.94. The van der Waals surface area contributed by atoms with Crippen LogP contribution in [0, 0.1) is 10.1 Å². The van der Waals surface area contributed by atoms with Crippen LogP contribution in [0.15, 0.2) is 59.0 Å². The number of hydrogen-bond donors (Lipinski definition) is 1. The SMILES string of the molecule is O=C1NC(=O)c2ccccc2/C1=C/c1ccc(-c2ccc([N+](=O)[O-])cc2Cl)o1. The Morgan fingerprint density at radius 1 is 0.964 bits per heavy atom. The van der Waals surface area contributed by atoms with Crippen LogP contribution in [-0.4, -0.2) is 16.7 Å². The Bertz CT molecular complexity index is 1180. The lowest BCUT2D eigenvalue weighted by Crippen LogP contribution is -2.36. The van der Waals surface area contributed by atoms with E-state index in [-0.39, 0.29) is 10.7 Å². The molecule has 1 N–H and O–H groups in total. The van der Waals surface area contributed by atoms with Crippen molar-refractivity contribution in [3.05, 3.63) is 86.6 Å². The van der Waals surface area contributed by atoms with Gasteiger partial charge in [0.15, 0.2) is 0 Å². The number of non-ortho nitro benzene ring substituents is 1. The molecule has 4 rings (SSSR count). The monoisotopic (exact) mass is 394 g/mol. The van der Waals surface area contributed by atoms with Gasteiger partial charge in [-0.2, -0.15) is 0 Å². The zero-order valence-corrected chi connectivity index (χ0v) is 14.9. The molecule has 0 fully saturated rings. The van der Waals surface area contributed by atoms with Gasteiger partial charge in [0.25, 0.3) is 17.5 Å². The van der Waals surface area contributed by atoms with Crippen molar-refractivity contribution < 1.29 is 18.9 Å². The molecular formula is C20H11ClN2O5. The Labute approximate surface area is 163 Å². The van der Waals surface area contributed by atoms with Crippen LogP contribution in [0.5, 0.6) is 0 Å². The Morgan fingerprint density at radius 3 is 2.43 bits per heavy atom. The van der Waals surface area contributed by atoms with Gasteiger partial charge in [0, 0.05) is 28.8 Å². The van der Waals surface area contributed by atoms with E-state index in [0.29, 0.717) is 33.8 Å². The van der Waals surface area contributed by atoms with Gasteiger partial charge in [-0.25, -0.2) is 0 Å². The number of carbonyl (C=O) groups is 2. The number of amides is 2. The highest BCUT2D eigenvalue weighted by Gasteiger charge is 2.27. The molecule has 0 aliphatic carbocycles. The maximum Gasteiger partial charge on any atom is 0.270 e. The average molecular weight is 395 g/mol. The number of benzene rings is 2. The van der Waals surface area contributed by atoms with Crippen molar-refractivity contribution in [2.75, 3.05) is 0 Å². The smallest absolute Gasteiger partial charge is 0.270 e. The highest BCUT2D eigenvalue weighted by molar-refractivity contribution is 6.34. The van der Waals surface area contributed by atoms with Gasteiger partial charge in [-0.1, -0.05) is 29.8 Å². The summed E-state index contributed by atoms with van der Waals surface area (Å²) in [6.07, 6.45) is 1.53. The van der Waals surface area contributed by atoms with E-state index in [1.807, 2.05) is 0 Å². The summed E-state index contributed by atoms with van der Waals surface area (Å²) in [5, 5.41) is 13.3. The van der Waals surface area contributed by atoms with Crippen LogP contribution in [0.25, 0.3) is 23.0 Å². The van der Waals surface area contributed by atoms with E-state index in [4.69, 9.17) is 16.0 Å². The Morgan fingerprint density at radius 2 is 1.71 bits per heavy atom. The molecule has 7 nitrogen and oxygen atoms in total. The average Bonchev–Trinajstić information content (AvgIpc) is 3.13. The van der Waals surface area contributed by atoms with E-state index < -0.39 is 16.7 Å². The first-order valence-electron chi connectivity index (χ1n) is 8.15. The zero-order valence-electron chi connectivity index (χ0n) is 14.1. The molecule has 3 aromatic rings. The first kappa shape index (κ1) is 17.7. The van der Waals surface area contributed by atoms with Crippen molar-refractivity contribution in [2.24, 2.45) is 0 Å². The van der Waals surface area contributed by atoms with Gasteiger partial charge in [-0.3, -0.25) is 25.0 Å². The van der Waals surface area contributed by atoms with Gasteiger partial charge in [0.2, 0.25) is 0 Å². The number of carbonyl (C=O) groups excluding carboxylic acids is 2. The highest BCUT2D eigenvalue weighted by atomic mass is 35.5. The van der Waals surface area contributed by atoms with Crippen LogP contribution in [0.1, 0.15) is 21.7 Å². The van der Waals surface area contributed by atoms with Crippen molar-refractivity contribution in [2.45, 2.75) is 0 Å². The molecule has 0 atom stereocenters. The second-order valence-electron chi connectivity index (χ2n) is 6.01. The molecule has 0 spiro atoms. The summed E-state index contributed by atoms with van der Waals surface area (Å²) in [4.78, 5) is 34.5. The second kappa shape index (κ2) is 6.79. The molecule has 1 aliphatic rings. The topological polar surface area (TPSA) is 102 Å². The number of nitrogens with one attached hydrogen (secondary N) is 1. The fourth-order valence-corrected chi connectivity index (χ4v) is 3.22. The number of nitro benzene ring substituents is 1. The van der Waals surface area contributed by atoms with Gasteiger partial charge in [0.1, 0.15) is 11.5 Å². The van der Waals surface area contributed by atoms with Crippen LogP contribution < -0.4 is 5.32 Å². The molecule has 0 saturated heterocycles. The number of nitro groups is 1. The van der Waals surface area contributed by atoms with Crippen molar-refractivity contribution in [3.63, 3.8) is 0 Å². The number of nitrogens with zero attached hydrogens (tertiary/aromatic N) is 1. The summed E-state index contributed by atoms with van der Waals surface area (Å²) in [5.41, 5.74) is 1.58. The zero-order chi connectivity index (χ0) is 19.8. The van der Waals surface area contributed by atoms with E-state index in [1.165, 1.54) is 24.3 Å². The molecule has 138 valence electrons. The lowest BCUT2D eigenvalue weighted by Gasteiger charge is -2.17. The molecule has 2 amide bonds. The van der Waals surface area contributed by atoms with E-state index in [0.717, 1.165) is 0 Å². The van der Waals surface area contributed by atoms with E-state index in [1.54, 1.807) is 36.4 Å². The predicted octanol–water partition coefficient (Wildman–Crippen LogP) is 4.32. The van der Waals surface area contributed by atoms with Gasteiger partial charge in [-0.05, 0) is 30.3 Å². The van der Waals surface area contributed by atoms with Crippen LogP contribution in [0.4, 0.5) is 5.69 Å². The Kier molecular flexibility index (Phi) is 4.29. The van der Waals surface area contributed by atoms with E-state index in [9.17, 15) is 19.7 Å². The third kappa shape index (κ3) is 3.08. The highest BCUT2D eigenvalue weighted by Crippen LogP contribution is 2.33. The summed E-state index contributed by atoms with van der Waals surface area (Å²) in [5.74, 6) is -0.198. The number of hydrogen-bond acceptors (Lipinski definition) is 5. The Balaban J connectivity index is 1.73. The van der Waals surface area contributed by atoms with Crippen LogP contribution in [0.3, 0.4) is 0 Å².